The van der Waals surface area contributed by atoms with Gasteiger partial charge in [0.1, 0.15) is 5.82 Å². The number of aromatic nitrogens is 1. The lowest BCUT2D eigenvalue weighted by Gasteiger charge is -2.07. The number of carbonyl (C=O) groups excluding carboxylic acids is 1. The molecule has 2 rings (SSSR count). The highest BCUT2D eigenvalue weighted by atomic mass is 19.1. The van der Waals surface area contributed by atoms with Crippen molar-refractivity contribution in [2.45, 2.75) is 0 Å². The SMILES string of the molecule is CN(C)/C=C/c1[nH]c(=O)ccc1C(=O)c1ccc(F)cc1. The van der Waals surface area contributed by atoms with Gasteiger partial charge >= 0.3 is 0 Å². The highest BCUT2D eigenvalue weighted by Gasteiger charge is 2.13. The molecule has 0 aliphatic heterocycles. The van der Waals surface area contributed by atoms with Crippen molar-refractivity contribution < 1.29 is 9.18 Å². The van der Waals surface area contributed by atoms with Crippen molar-refractivity contribution in [2.24, 2.45) is 0 Å². The first kappa shape index (κ1) is 14.7. The van der Waals surface area contributed by atoms with Crippen LogP contribution in [0, 0.1) is 5.82 Å². The predicted octanol–water partition coefficient (Wildman–Crippen LogP) is 2.28. The molecule has 0 atom stereocenters. The van der Waals surface area contributed by atoms with Gasteiger partial charge in [-0.2, -0.15) is 0 Å². The van der Waals surface area contributed by atoms with Gasteiger partial charge in [0.2, 0.25) is 5.56 Å². The quantitative estimate of drug-likeness (QED) is 0.877. The summed E-state index contributed by atoms with van der Waals surface area (Å²) >= 11 is 0. The Hall–Kier alpha value is -2.69. The maximum absolute atomic E-state index is 12.9. The molecule has 0 amide bonds. The summed E-state index contributed by atoms with van der Waals surface area (Å²) in [6, 6.07) is 8.07. The third-order valence-corrected chi connectivity index (χ3v) is 2.84. The third kappa shape index (κ3) is 3.66. The van der Waals surface area contributed by atoms with Crippen LogP contribution in [0.2, 0.25) is 0 Å². The van der Waals surface area contributed by atoms with Crippen LogP contribution >= 0.6 is 0 Å². The number of carbonyl (C=O) groups is 1. The minimum absolute atomic E-state index is 0.273. The third-order valence-electron chi connectivity index (χ3n) is 2.84. The van der Waals surface area contributed by atoms with E-state index in [1.807, 2.05) is 14.1 Å². The molecule has 0 unspecified atom stereocenters. The number of nitrogens with one attached hydrogen (secondary N) is 1. The van der Waals surface area contributed by atoms with Gasteiger partial charge in [-0.15, -0.1) is 0 Å². The number of pyridine rings is 1. The van der Waals surface area contributed by atoms with E-state index in [9.17, 15) is 14.0 Å². The van der Waals surface area contributed by atoms with Crippen molar-refractivity contribution >= 4 is 11.9 Å². The van der Waals surface area contributed by atoms with Crippen LogP contribution in [0.15, 0.2) is 47.4 Å². The average molecular weight is 286 g/mol. The molecule has 1 heterocycles. The summed E-state index contributed by atoms with van der Waals surface area (Å²) in [4.78, 5) is 28.3. The van der Waals surface area contributed by atoms with E-state index in [0.29, 0.717) is 16.8 Å². The van der Waals surface area contributed by atoms with Gasteiger partial charge in [0.05, 0.1) is 5.69 Å². The van der Waals surface area contributed by atoms with Crippen LogP contribution in [-0.2, 0) is 0 Å². The fourth-order valence-corrected chi connectivity index (χ4v) is 1.80. The van der Waals surface area contributed by atoms with E-state index in [1.165, 1.54) is 36.4 Å². The second-order valence-corrected chi connectivity index (χ2v) is 4.77. The summed E-state index contributed by atoms with van der Waals surface area (Å²) in [6.07, 6.45) is 3.38. The summed E-state index contributed by atoms with van der Waals surface area (Å²) in [7, 11) is 3.66. The topological polar surface area (TPSA) is 53.2 Å². The Morgan fingerprint density at radius 1 is 1.14 bits per heavy atom. The van der Waals surface area contributed by atoms with Gasteiger partial charge < -0.3 is 9.88 Å². The smallest absolute Gasteiger partial charge is 0.248 e. The van der Waals surface area contributed by atoms with E-state index in [4.69, 9.17) is 0 Å². The Balaban J connectivity index is 2.45. The number of halogens is 1. The molecule has 0 bridgehead atoms. The summed E-state index contributed by atoms with van der Waals surface area (Å²) in [6.45, 7) is 0. The van der Waals surface area contributed by atoms with Crippen molar-refractivity contribution in [2.75, 3.05) is 14.1 Å². The largest absolute Gasteiger partial charge is 0.383 e. The van der Waals surface area contributed by atoms with Crippen molar-refractivity contribution in [1.29, 1.82) is 0 Å². The predicted molar refractivity (Wildman–Crippen MR) is 79.6 cm³/mol. The molecular formula is C16H15FN2O2. The van der Waals surface area contributed by atoms with E-state index in [0.717, 1.165) is 0 Å². The molecule has 0 fully saturated rings. The van der Waals surface area contributed by atoms with Crippen LogP contribution in [0.1, 0.15) is 21.6 Å². The molecular weight excluding hydrogens is 271 g/mol. The summed E-state index contributed by atoms with van der Waals surface area (Å²) in [5, 5.41) is 0. The zero-order valence-corrected chi connectivity index (χ0v) is 11.8. The van der Waals surface area contributed by atoms with Crippen molar-refractivity contribution in [3.8, 4) is 0 Å². The van der Waals surface area contributed by atoms with E-state index >= 15 is 0 Å². The highest BCUT2D eigenvalue weighted by Crippen LogP contribution is 2.14. The number of ketones is 1. The lowest BCUT2D eigenvalue weighted by atomic mass is 10.0. The Morgan fingerprint density at radius 2 is 1.81 bits per heavy atom. The van der Waals surface area contributed by atoms with Crippen LogP contribution < -0.4 is 5.56 Å². The molecule has 1 N–H and O–H groups in total. The zero-order valence-electron chi connectivity index (χ0n) is 11.8. The summed E-state index contributed by atoms with van der Waals surface area (Å²) < 4.78 is 12.9. The van der Waals surface area contributed by atoms with Crippen LogP contribution in [0.5, 0.6) is 0 Å². The highest BCUT2D eigenvalue weighted by molar-refractivity contribution is 6.10. The van der Waals surface area contributed by atoms with Gasteiger partial charge in [0.25, 0.3) is 0 Å². The van der Waals surface area contributed by atoms with Gasteiger partial charge in [-0.1, -0.05) is 0 Å². The van der Waals surface area contributed by atoms with Crippen LogP contribution in [0.25, 0.3) is 6.08 Å². The molecule has 1 aromatic heterocycles. The normalized spacial score (nSPS) is 10.8. The Labute approximate surface area is 121 Å². The Bertz CT molecular complexity index is 731. The second-order valence-electron chi connectivity index (χ2n) is 4.77. The Kier molecular flexibility index (Phi) is 4.33. The molecule has 108 valence electrons. The molecule has 0 saturated heterocycles. The van der Waals surface area contributed by atoms with Crippen LogP contribution in [-0.4, -0.2) is 29.8 Å². The number of H-pyrrole nitrogens is 1. The standard InChI is InChI=1S/C16H15FN2O2/c1-19(2)10-9-14-13(7-8-15(20)18-14)16(21)11-3-5-12(17)6-4-11/h3-10H,1-2H3,(H,18,20)/b10-9+. The summed E-state index contributed by atoms with van der Waals surface area (Å²) in [5.74, 6) is -0.676. The molecule has 2 aromatic rings. The second kappa shape index (κ2) is 6.17. The zero-order chi connectivity index (χ0) is 15.4. The van der Waals surface area contributed by atoms with Crippen LogP contribution in [0.4, 0.5) is 4.39 Å². The lowest BCUT2D eigenvalue weighted by Crippen LogP contribution is -2.12. The minimum Gasteiger partial charge on any atom is -0.383 e. The van der Waals surface area contributed by atoms with E-state index < -0.39 is 5.82 Å². The maximum Gasteiger partial charge on any atom is 0.248 e. The van der Waals surface area contributed by atoms with Gasteiger partial charge in [0, 0.05) is 37.5 Å². The van der Waals surface area contributed by atoms with Gasteiger partial charge in [0.15, 0.2) is 5.78 Å². The molecule has 4 nitrogen and oxygen atoms in total. The van der Waals surface area contributed by atoms with Gasteiger partial charge in [-0.3, -0.25) is 9.59 Å². The molecule has 0 saturated carbocycles. The van der Waals surface area contributed by atoms with E-state index in [1.54, 1.807) is 17.2 Å². The minimum atomic E-state index is -0.402. The molecule has 0 radical (unpaired) electrons. The molecule has 0 aliphatic carbocycles. The number of rotatable bonds is 4. The van der Waals surface area contributed by atoms with E-state index in [2.05, 4.69) is 4.98 Å². The average Bonchev–Trinajstić information content (AvgIpc) is 2.45. The first-order valence-electron chi connectivity index (χ1n) is 6.35. The van der Waals surface area contributed by atoms with Crippen molar-refractivity contribution in [1.82, 2.24) is 9.88 Å². The van der Waals surface area contributed by atoms with Crippen molar-refractivity contribution in [3.63, 3.8) is 0 Å². The fraction of sp³-hybridized carbons (Fsp3) is 0.125. The molecule has 1 aromatic carbocycles. The first-order chi connectivity index (χ1) is 9.97. The van der Waals surface area contributed by atoms with Gasteiger partial charge in [-0.05, 0) is 36.4 Å². The molecule has 0 aliphatic rings. The first-order valence-corrected chi connectivity index (χ1v) is 6.35. The van der Waals surface area contributed by atoms with Gasteiger partial charge in [-0.25, -0.2) is 4.39 Å². The number of nitrogens with zero attached hydrogens (tertiary/aromatic N) is 1. The molecule has 5 heteroatoms. The van der Waals surface area contributed by atoms with E-state index in [-0.39, 0.29) is 11.3 Å². The number of hydrogen-bond acceptors (Lipinski definition) is 3. The molecule has 0 spiro atoms. The fourth-order valence-electron chi connectivity index (χ4n) is 1.80. The van der Waals surface area contributed by atoms with Crippen molar-refractivity contribution in [3.05, 3.63) is 75.6 Å². The summed E-state index contributed by atoms with van der Waals surface area (Å²) in [5.41, 5.74) is 0.858. The van der Waals surface area contributed by atoms with Crippen LogP contribution in [0.3, 0.4) is 0 Å². The Morgan fingerprint density at radius 3 is 2.43 bits per heavy atom. The monoisotopic (exact) mass is 286 g/mol. The number of aromatic amines is 1. The maximum atomic E-state index is 12.9. The number of hydrogen-bond donors (Lipinski definition) is 1. The lowest BCUT2D eigenvalue weighted by molar-refractivity contribution is 0.103. The molecule has 21 heavy (non-hydrogen) atoms. The number of benzene rings is 1.